The number of hydrogen-bond acceptors (Lipinski definition) is 2. The molecule has 13 rings (SSSR count). The smallest absolute Gasteiger partial charge is 0.0160 e. The van der Waals surface area contributed by atoms with Crippen molar-refractivity contribution in [2.24, 2.45) is 0 Å². The largest absolute Gasteiger partial charge is 0.305 e. The Hall–Kier alpha value is -9.63. The van der Waals surface area contributed by atoms with E-state index in [1.165, 1.54) is 55.6 Å². The molecule has 0 fully saturated rings. The molecule has 0 saturated carbocycles. The van der Waals surface area contributed by atoms with Gasteiger partial charge in [-0.25, -0.2) is 0 Å². The van der Waals surface area contributed by atoms with E-state index in [-0.39, 0.29) is 20.1 Å². The Morgan fingerprint density at radius 3 is 0.937 bits per heavy atom. The standard InChI is InChI=1S/C65H44N.C11H8N.Ir/c1-6-20-46(21-7-1)48-35-39-53(40-36-48)63-60(50-24-10-3-11-25-50)61(51-26-12-4-13-27-51)64(54-41-37-49(38-42-54)47-22-8-2-9-23-47)65(62(63)52-28-14-5-15-29-52)58-33-19-31-56(45-58)55-30-18-32-57(44-55)59-34-16-17-43-66-59;1-2-6-10(7-3-1)11-8-4-5-9-12-11;/h1-31,33-45H;1-6,8-9H;/q2*-1;. The maximum atomic E-state index is 4.67. The third-order valence-electron chi connectivity index (χ3n) is 14.1. The molecule has 1 radical (unpaired) electrons. The van der Waals surface area contributed by atoms with Gasteiger partial charge in [0, 0.05) is 32.5 Å². The van der Waals surface area contributed by atoms with Gasteiger partial charge in [0.2, 0.25) is 0 Å². The summed E-state index contributed by atoms with van der Waals surface area (Å²) in [4.78, 5) is 8.88. The molecule has 0 amide bonds. The maximum Gasteiger partial charge on any atom is 0.0160 e. The predicted octanol–water partition coefficient (Wildman–Crippen LogP) is 20.1. The molecule has 2 aromatic heterocycles. The Balaban J connectivity index is 0.000000448. The zero-order chi connectivity index (χ0) is 52.3. The minimum Gasteiger partial charge on any atom is -0.305 e. The van der Waals surface area contributed by atoms with E-state index in [9.17, 15) is 0 Å². The fraction of sp³-hybridized carbons (Fsp3) is 0. The van der Waals surface area contributed by atoms with Gasteiger partial charge in [0.25, 0.3) is 0 Å². The van der Waals surface area contributed by atoms with E-state index in [4.69, 9.17) is 0 Å². The Kier molecular flexibility index (Phi) is 16.0. The second-order valence-electron chi connectivity index (χ2n) is 19.0. The molecule has 0 aliphatic rings. The van der Waals surface area contributed by atoms with Crippen LogP contribution in [0.3, 0.4) is 0 Å². The van der Waals surface area contributed by atoms with Crippen LogP contribution in [0.15, 0.2) is 316 Å². The SMILES string of the molecule is [Ir].[c-]1ccc(-c2cccc(-c3c(-c4ccccc4)c(-c4ccc(-c5ccccc5)cc4)c(-c4ccccc4)c(-c4ccccc4)c3-c3ccc(-c4ccccc4)cc3)c2)cc1-c1ccccn1.[c-]1ccccc1-c1ccccn1. The van der Waals surface area contributed by atoms with Crippen molar-refractivity contribution in [2.75, 3.05) is 0 Å². The molecule has 377 valence electrons. The van der Waals surface area contributed by atoms with Crippen LogP contribution in [0, 0.1) is 12.1 Å². The van der Waals surface area contributed by atoms with E-state index in [1.54, 1.807) is 6.20 Å². The van der Waals surface area contributed by atoms with Gasteiger partial charge in [0.05, 0.1) is 0 Å². The van der Waals surface area contributed by atoms with Gasteiger partial charge in [-0.15, -0.1) is 71.3 Å². The molecule has 13 aromatic rings. The van der Waals surface area contributed by atoms with Crippen molar-refractivity contribution in [3.8, 4) is 123 Å². The van der Waals surface area contributed by atoms with Crippen molar-refractivity contribution in [1.29, 1.82) is 0 Å². The number of nitrogens with zero attached hydrogens (tertiary/aromatic N) is 2. The first kappa shape index (κ1) is 51.5. The van der Waals surface area contributed by atoms with Crippen LogP contribution < -0.4 is 0 Å². The molecule has 0 saturated heterocycles. The molecule has 0 aliphatic carbocycles. The average molecular weight is 1190 g/mol. The second kappa shape index (κ2) is 24.6. The molecule has 0 atom stereocenters. The summed E-state index contributed by atoms with van der Waals surface area (Å²) in [6, 6.07) is 114. The first-order valence-corrected chi connectivity index (χ1v) is 26.4. The maximum absolute atomic E-state index is 4.67. The van der Waals surface area contributed by atoms with E-state index < -0.39 is 0 Å². The molecule has 0 spiro atoms. The number of aromatic nitrogens is 2. The van der Waals surface area contributed by atoms with E-state index in [0.717, 1.165) is 67.0 Å². The van der Waals surface area contributed by atoms with E-state index in [2.05, 4.69) is 259 Å². The van der Waals surface area contributed by atoms with Gasteiger partial charge < -0.3 is 9.97 Å². The van der Waals surface area contributed by atoms with Crippen molar-refractivity contribution in [3.05, 3.63) is 328 Å². The molecule has 2 nitrogen and oxygen atoms in total. The molecule has 3 heteroatoms. The van der Waals surface area contributed by atoms with Crippen molar-refractivity contribution >= 4 is 0 Å². The van der Waals surface area contributed by atoms with Gasteiger partial charge in [0.15, 0.2) is 0 Å². The first-order chi connectivity index (χ1) is 38.7. The first-order valence-electron chi connectivity index (χ1n) is 26.4. The fourth-order valence-corrected chi connectivity index (χ4v) is 10.5. The number of hydrogen-bond donors (Lipinski definition) is 0. The molecular formula is C76H52IrN2-2. The zero-order valence-electron chi connectivity index (χ0n) is 43.2. The van der Waals surface area contributed by atoms with Crippen LogP contribution in [-0.2, 0) is 20.1 Å². The van der Waals surface area contributed by atoms with Crippen LogP contribution >= 0.6 is 0 Å². The minimum absolute atomic E-state index is 0. The Morgan fingerprint density at radius 2 is 0.519 bits per heavy atom. The quantitative estimate of drug-likeness (QED) is 0.121. The summed E-state index contributed by atoms with van der Waals surface area (Å²) in [5.41, 5.74) is 24.8. The third-order valence-corrected chi connectivity index (χ3v) is 14.1. The van der Waals surface area contributed by atoms with E-state index in [1.807, 2.05) is 72.9 Å². The molecule has 0 bridgehead atoms. The Labute approximate surface area is 477 Å². The molecule has 0 aliphatic heterocycles. The van der Waals surface area contributed by atoms with Gasteiger partial charge in [-0.2, -0.15) is 0 Å². The summed E-state index contributed by atoms with van der Waals surface area (Å²) in [6.45, 7) is 0. The van der Waals surface area contributed by atoms with Gasteiger partial charge >= 0.3 is 0 Å². The second-order valence-corrected chi connectivity index (χ2v) is 19.0. The summed E-state index contributed by atoms with van der Waals surface area (Å²) in [5.74, 6) is 0. The van der Waals surface area contributed by atoms with Crippen LogP contribution in [0.1, 0.15) is 0 Å². The van der Waals surface area contributed by atoms with Crippen LogP contribution in [0.2, 0.25) is 0 Å². The normalized spacial score (nSPS) is 10.7. The molecule has 2 heterocycles. The Bertz CT molecular complexity index is 4010. The number of pyridine rings is 2. The molecule has 0 N–H and O–H groups in total. The van der Waals surface area contributed by atoms with Crippen LogP contribution in [0.4, 0.5) is 0 Å². The van der Waals surface area contributed by atoms with Gasteiger partial charge in [-0.05, 0) is 124 Å². The fourth-order valence-electron chi connectivity index (χ4n) is 10.5. The van der Waals surface area contributed by atoms with Crippen LogP contribution in [0.25, 0.3) is 123 Å². The van der Waals surface area contributed by atoms with E-state index in [0.29, 0.717) is 0 Å². The van der Waals surface area contributed by atoms with Crippen molar-refractivity contribution in [3.63, 3.8) is 0 Å². The summed E-state index contributed by atoms with van der Waals surface area (Å²) in [6.07, 6.45) is 3.63. The zero-order valence-corrected chi connectivity index (χ0v) is 45.6. The van der Waals surface area contributed by atoms with Crippen LogP contribution in [0.5, 0.6) is 0 Å². The van der Waals surface area contributed by atoms with Crippen molar-refractivity contribution in [2.45, 2.75) is 0 Å². The summed E-state index contributed by atoms with van der Waals surface area (Å²) < 4.78 is 0. The molecular weight excluding hydrogens is 1130 g/mol. The number of benzene rings is 11. The van der Waals surface area contributed by atoms with E-state index >= 15 is 0 Å². The molecule has 0 unspecified atom stereocenters. The summed E-state index contributed by atoms with van der Waals surface area (Å²) in [5, 5.41) is 0. The monoisotopic (exact) mass is 1190 g/mol. The summed E-state index contributed by atoms with van der Waals surface area (Å²) >= 11 is 0. The molecule has 79 heavy (non-hydrogen) atoms. The summed E-state index contributed by atoms with van der Waals surface area (Å²) in [7, 11) is 0. The van der Waals surface area contributed by atoms with Gasteiger partial charge in [0.1, 0.15) is 0 Å². The van der Waals surface area contributed by atoms with Crippen LogP contribution in [-0.4, -0.2) is 9.97 Å². The third kappa shape index (κ3) is 11.4. The van der Waals surface area contributed by atoms with Gasteiger partial charge in [-0.1, -0.05) is 243 Å². The topological polar surface area (TPSA) is 25.8 Å². The van der Waals surface area contributed by atoms with Crippen molar-refractivity contribution < 1.29 is 20.1 Å². The molecule has 11 aromatic carbocycles. The van der Waals surface area contributed by atoms with Gasteiger partial charge in [-0.3, -0.25) is 0 Å². The van der Waals surface area contributed by atoms with Crippen molar-refractivity contribution in [1.82, 2.24) is 9.97 Å². The average Bonchev–Trinajstić information content (AvgIpc) is 3.64. The Morgan fingerprint density at radius 1 is 0.203 bits per heavy atom. The predicted molar refractivity (Wildman–Crippen MR) is 326 cm³/mol. The minimum atomic E-state index is 0. The number of rotatable bonds is 11.